The van der Waals surface area contributed by atoms with Crippen LogP contribution in [0.1, 0.15) is 39.2 Å². The molecule has 0 radical (unpaired) electrons. The minimum atomic E-state index is -0.0512. The normalized spacial score (nSPS) is 20.7. The maximum absolute atomic E-state index is 6.28. The van der Waals surface area contributed by atoms with Crippen molar-refractivity contribution in [3.05, 3.63) is 27.7 Å². The Hall–Kier alpha value is -0.480. The van der Waals surface area contributed by atoms with Gasteiger partial charge >= 0.3 is 0 Å². The smallest absolute Gasteiger partial charge is 0.142 e. The molecule has 0 amide bonds. The van der Waals surface area contributed by atoms with E-state index in [4.69, 9.17) is 32.7 Å². The standard InChI is InChI=1S/C16H23Cl2NO2/c1-4-19-9-11-7-12(17)8-14(18)15(11)20-10-13-5-6-16(2,3)21-13/h7-8,13,19H,4-6,9-10H2,1-3H3. The summed E-state index contributed by atoms with van der Waals surface area (Å²) in [5.41, 5.74) is 0.927. The number of hydrogen-bond acceptors (Lipinski definition) is 3. The van der Waals surface area contributed by atoms with Gasteiger partial charge in [0.25, 0.3) is 0 Å². The van der Waals surface area contributed by atoms with Gasteiger partial charge in [-0.2, -0.15) is 0 Å². The summed E-state index contributed by atoms with van der Waals surface area (Å²) in [5, 5.41) is 4.44. The van der Waals surface area contributed by atoms with E-state index in [1.807, 2.05) is 6.07 Å². The third-order valence-corrected chi connectivity index (χ3v) is 4.12. The lowest BCUT2D eigenvalue weighted by atomic mass is 10.1. The Morgan fingerprint density at radius 3 is 2.76 bits per heavy atom. The first-order chi connectivity index (χ1) is 9.91. The maximum Gasteiger partial charge on any atom is 0.142 e. The molecule has 0 bridgehead atoms. The third-order valence-electron chi connectivity index (χ3n) is 3.62. The molecular weight excluding hydrogens is 309 g/mol. The van der Waals surface area contributed by atoms with Crippen molar-refractivity contribution in [1.82, 2.24) is 5.32 Å². The lowest BCUT2D eigenvalue weighted by Gasteiger charge is -2.20. The van der Waals surface area contributed by atoms with Crippen LogP contribution in [0.5, 0.6) is 5.75 Å². The first kappa shape index (κ1) is 16.9. The van der Waals surface area contributed by atoms with Crippen molar-refractivity contribution in [2.75, 3.05) is 13.2 Å². The van der Waals surface area contributed by atoms with E-state index in [2.05, 4.69) is 26.1 Å². The van der Waals surface area contributed by atoms with Crippen molar-refractivity contribution >= 4 is 23.2 Å². The van der Waals surface area contributed by atoms with Gasteiger partial charge in [-0.25, -0.2) is 0 Å². The monoisotopic (exact) mass is 331 g/mol. The van der Waals surface area contributed by atoms with E-state index in [0.717, 1.165) is 24.9 Å². The zero-order valence-corrected chi connectivity index (χ0v) is 14.4. The minimum absolute atomic E-state index is 0.0512. The molecule has 3 nitrogen and oxygen atoms in total. The Bertz CT molecular complexity index is 491. The van der Waals surface area contributed by atoms with E-state index in [9.17, 15) is 0 Å². The molecule has 0 aromatic heterocycles. The summed E-state index contributed by atoms with van der Waals surface area (Å²) in [5.74, 6) is 0.704. The Morgan fingerprint density at radius 2 is 2.14 bits per heavy atom. The summed E-state index contributed by atoms with van der Waals surface area (Å²) in [6.45, 7) is 8.36. The van der Waals surface area contributed by atoms with Gasteiger partial charge in [-0.15, -0.1) is 0 Å². The van der Waals surface area contributed by atoms with Gasteiger partial charge < -0.3 is 14.8 Å². The highest BCUT2D eigenvalue weighted by molar-refractivity contribution is 6.35. The number of halogens is 2. The first-order valence-electron chi connectivity index (χ1n) is 7.40. The largest absolute Gasteiger partial charge is 0.489 e. The second-order valence-electron chi connectivity index (χ2n) is 6.01. The summed E-state index contributed by atoms with van der Waals surface area (Å²) >= 11 is 12.4. The van der Waals surface area contributed by atoms with Crippen LogP contribution in [0.15, 0.2) is 12.1 Å². The van der Waals surface area contributed by atoms with E-state index >= 15 is 0 Å². The Labute approximate surface area is 136 Å². The minimum Gasteiger partial charge on any atom is -0.489 e. The van der Waals surface area contributed by atoms with E-state index in [1.165, 1.54) is 0 Å². The summed E-state index contributed by atoms with van der Waals surface area (Å²) in [7, 11) is 0. The van der Waals surface area contributed by atoms with Crippen LogP contribution in [0.25, 0.3) is 0 Å². The molecule has 1 N–H and O–H groups in total. The Morgan fingerprint density at radius 1 is 1.38 bits per heavy atom. The Balaban J connectivity index is 2.04. The van der Waals surface area contributed by atoms with Gasteiger partial charge in [0.2, 0.25) is 0 Å². The lowest BCUT2D eigenvalue weighted by Crippen LogP contribution is -2.24. The van der Waals surface area contributed by atoms with Crippen LogP contribution in [0, 0.1) is 0 Å². The molecule has 1 fully saturated rings. The highest BCUT2D eigenvalue weighted by atomic mass is 35.5. The molecule has 1 aliphatic heterocycles. The van der Waals surface area contributed by atoms with Crippen molar-refractivity contribution in [2.45, 2.75) is 51.9 Å². The lowest BCUT2D eigenvalue weighted by molar-refractivity contribution is -0.0327. The average molecular weight is 332 g/mol. The molecule has 1 aromatic rings. The van der Waals surface area contributed by atoms with Gasteiger partial charge in [-0.1, -0.05) is 30.1 Å². The molecule has 0 spiro atoms. The van der Waals surface area contributed by atoms with Crippen molar-refractivity contribution in [2.24, 2.45) is 0 Å². The highest BCUT2D eigenvalue weighted by Crippen LogP contribution is 2.34. The quantitative estimate of drug-likeness (QED) is 0.835. The predicted molar refractivity (Wildman–Crippen MR) is 87.5 cm³/mol. The van der Waals surface area contributed by atoms with Crippen molar-refractivity contribution in [1.29, 1.82) is 0 Å². The fourth-order valence-corrected chi connectivity index (χ4v) is 3.13. The van der Waals surface area contributed by atoms with Crippen LogP contribution in [-0.4, -0.2) is 24.9 Å². The molecule has 1 atom stereocenters. The molecule has 1 aliphatic rings. The molecule has 21 heavy (non-hydrogen) atoms. The van der Waals surface area contributed by atoms with E-state index in [-0.39, 0.29) is 11.7 Å². The van der Waals surface area contributed by atoms with Crippen LogP contribution >= 0.6 is 23.2 Å². The summed E-state index contributed by atoms with van der Waals surface area (Å²) in [6, 6.07) is 3.61. The first-order valence-corrected chi connectivity index (χ1v) is 8.16. The van der Waals surface area contributed by atoms with Crippen LogP contribution < -0.4 is 10.1 Å². The van der Waals surface area contributed by atoms with Crippen LogP contribution in [0.2, 0.25) is 10.0 Å². The molecule has 1 aromatic carbocycles. The van der Waals surface area contributed by atoms with Crippen LogP contribution in [-0.2, 0) is 11.3 Å². The fourth-order valence-electron chi connectivity index (χ4n) is 2.54. The zero-order chi connectivity index (χ0) is 15.5. The fraction of sp³-hybridized carbons (Fsp3) is 0.625. The van der Waals surface area contributed by atoms with Gasteiger partial charge in [0.15, 0.2) is 0 Å². The molecule has 2 rings (SSSR count). The van der Waals surface area contributed by atoms with Crippen LogP contribution in [0.3, 0.4) is 0 Å². The van der Waals surface area contributed by atoms with Gasteiger partial charge in [0.1, 0.15) is 12.4 Å². The van der Waals surface area contributed by atoms with Gasteiger partial charge in [0, 0.05) is 17.1 Å². The molecular formula is C16H23Cl2NO2. The molecule has 1 heterocycles. The number of nitrogens with one attached hydrogen (secondary N) is 1. The van der Waals surface area contributed by atoms with Crippen molar-refractivity contribution in [3.8, 4) is 5.75 Å². The van der Waals surface area contributed by atoms with Crippen molar-refractivity contribution < 1.29 is 9.47 Å². The maximum atomic E-state index is 6.28. The topological polar surface area (TPSA) is 30.5 Å². The van der Waals surface area contributed by atoms with Crippen LogP contribution in [0.4, 0.5) is 0 Å². The van der Waals surface area contributed by atoms with Gasteiger partial charge in [-0.3, -0.25) is 0 Å². The molecule has 1 unspecified atom stereocenters. The molecule has 118 valence electrons. The molecule has 5 heteroatoms. The number of benzene rings is 1. The van der Waals surface area contributed by atoms with Crippen molar-refractivity contribution in [3.63, 3.8) is 0 Å². The third kappa shape index (κ3) is 4.75. The number of rotatable bonds is 6. The molecule has 1 saturated heterocycles. The summed E-state index contributed by atoms with van der Waals surface area (Å²) in [4.78, 5) is 0. The molecule has 0 aliphatic carbocycles. The second kappa shape index (κ2) is 7.19. The van der Waals surface area contributed by atoms with Gasteiger partial charge in [0.05, 0.1) is 16.7 Å². The van der Waals surface area contributed by atoms with Gasteiger partial charge in [-0.05, 0) is 45.4 Å². The highest BCUT2D eigenvalue weighted by Gasteiger charge is 2.32. The van der Waals surface area contributed by atoms with E-state index in [0.29, 0.717) is 28.9 Å². The Kier molecular flexibility index (Phi) is 5.78. The van der Waals surface area contributed by atoms with E-state index < -0.39 is 0 Å². The van der Waals surface area contributed by atoms with E-state index in [1.54, 1.807) is 6.07 Å². The number of ether oxygens (including phenoxy) is 2. The SMILES string of the molecule is CCNCc1cc(Cl)cc(Cl)c1OCC1CCC(C)(C)O1. The summed E-state index contributed by atoms with van der Waals surface area (Å²) < 4.78 is 11.9. The predicted octanol–water partition coefficient (Wildman–Crippen LogP) is 4.44. The number of hydrogen-bond donors (Lipinski definition) is 1. The average Bonchev–Trinajstić information content (AvgIpc) is 2.74. The summed E-state index contributed by atoms with van der Waals surface area (Å²) in [6.07, 6.45) is 2.19. The second-order valence-corrected chi connectivity index (χ2v) is 6.85. The molecule has 0 saturated carbocycles. The zero-order valence-electron chi connectivity index (χ0n) is 12.8.